The third-order valence-corrected chi connectivity index (χ3v) is 11.0. The molecule has 0 amide bonds. The highest BCUT2D eigenvalue weighted by Gasteiger charge is 2.14. The molecule has 0 spiro atoms. The first-order chi connectivity index (χ1) is 29.0. The van der Waals surface area contributed by atoms with Crippen molar-refractivity contribution in [1.29, 1.82) is 0 Å². The van der Waals surface area contributed by atoms with Gasteiger partial charge >= 0.3 is 0 Å². The molecular formula is C51H73N4O4+3. The Balaban J connectivity index is 1.54. The van der Waals surface area contributed by atoms with Gasteiger partial charge in [-0.25, -0.2) is 13.7 Å². The van der Waals surface area contributed by atoms with E-state index in [9.17, 15) is 20.4 Å². The number of rotatable bonds is 30. The molecule has 3 heterocycles. The van der Waals surface area contributed by atoms with E-state index in [1.165, 1.54) is 44.5 Å². The van der Waals surface area contributed by atoms with E-state index in [0.29, 0.717) is 0 Å². The number of aliphatic hydroxyl groups is 4. The highest BCUT2D eigenvalue weighted by Crippen LogP contribution is 2.24. The van der Waals surface area contributed by atoms with Crippen molar-refractivity contribution >= 4 is 6.21 Å². The summed E-state index contributed by atoms with van der Waals surface area (Å²) in [5.41, 5.74) is 10.8. The molecule has 4 N–H and O–H groups in total. The average Bonchev–Trinajstić information content (AvgIpc) is 3.26. The summed E-state index contributed by atoms with van der Waals surface area (Å²) in [5, 5.41) is 37.2. The van der Waals surface area contributed by atoms with Crippen LogP contribution in [0.5, 0.6) is 0 Å². The summed E-state index contributed by atoms with van der Waals surface area (Å²) < 4.78 is 6.91. The number of allylic oxidation sites excluding steroid dienone is 4. The van der Waals surface area contributed by atoms with Gasteiger partial charge in [0.2, 0.25) is 0 Å². The lowest BCUT2D eigenvalue weighted by Crippen LogP contribution is -2.34. The number of hydrogen-bond donors (Lipinski definition) is 4. The third kappa shape index (κ3) is 18.6. The van der Waals surface area contributed by atoms with Gasteiger partial charge in [-0.3, -0.25) is 4.99 Å². The zero-order chi connectivity index (χ0) is 41.8. The molecule has 0 saturated carbocycles. The second kappa shape index (κ2) is 29.0. The van der Waals surface area contributed by atoms with E-state index in [4.69, 9.17) is 4.99 Å². The quantitative estimate of drug-likeness (QED) is 0.0209. The molecule has 3 aromatic heterocycles. The summed E-state index contributed by atoms with van der Waals surface area (Å²) in [6.45, 7) is 6.52. The summed E-state index contributed by atoms with van der Waals surface area (Å²) in [6, 6.07) is 17.9. The zero-order valence-electron chi connectivity index (χ0n) is 35.9. The van der Waals surface area contributed by atoms with Crippen molar-refractivity contribution in [3.05, 3.63) is 148 Å². The average molecular weight is 806 g/mol. The molecule has 0 saturated heterocycles. The van der Waals surface area contributed by atoms with E-state index >= 15 is 0 Å². The number of hydrogen-bond acceptors (Lipinski definition) is 5. The van der Waals surface area contributed by atoms with Gasteiger partial charge in [0, 0.05) is 93.3 Å². The molecule has 8 heteroatoms. The summed E-state index contributed by atoms with van der Waals surface area (Å²) in [6.07, 6.45) is 36.2. The van der Waals surface area contributed by atoms with Crippen LogP contribution in [0.2, 0.25) is 0 Å². The van der Waals surface area contributed by atoms with Crippen LogP contribution in [0, 0.1) is 0 Å². The molecule has 318 valence electrons. The maximum atomic E-state index is 9.35. The maximum absolute atomic E-state index is 9.35. The lowest BCUT2D eigenvalue weighted by Gasteiger charge is -2.17. The van der Waals surface area contributed by atoms with Crippen molar-refractivity contribution in [3.63, 3.8) is 0 Å². The number of benzene rings is 1. The molecule has 59 heavy (non-hydrogen) atoms. The van der Waals surface area contributed by atoms with E-state index < -0.39 is 0 Å². The summed E-state index contributed by atoms with van der Waals surface area (Å²) in [5.74, 6) is 0. The third-order valence-electron chi connectivity index (χ3n) is 11.0. The van der Waals surface area contributed by atoms with Crippen LogP contribution in [0.25, 0.3) is 0 Å². The number of aryl methyl sites for hydroxylation is 10. The molecule has 0 atom stereocenters. The molecule has 8 nitrogen and oxygen atoms in total. The van der Waals surface area contributed by atoms with Crippen LogP contribution in [-0.4, -0.2) is 59.6 Å². The SMILES string of the molecule is C\C=C(/C=C\C=N\CCCc1cc(CCC[n+]2cccc(CCCO)c2)c(CCC[n+]2cccc(CCCO)c2)cc1CCC[n+]1cccc(CCCO)c1)CCCO. The van der Waals surface area contributed by atoms with Crippen molar-refractivity contribution < 1.29 is 34.1 Å². The van der Waals surface area contributed by atoms with E-state index in [1.807, 2.05) is 19.2 Å². The Labute approximate surface area is 355 Å². The second-order valence-electron chi connectivity index (χ2n) is 15.7. The maximum Gasteiger partial charge on any atom is 0.171 e. The monoisotopic (exact) mass is 806 g/mol. The summed E-state index contributed by atoms with van der Waals surface area (Å²) >= 11 is 0. The van der Waals surface area contributed by atoms with Crippen molar-refractivity contribution in [2.24, 2.45) is 4.99 Å². The Morgan fingerprint density at radius 3 is 1.32 bits per heavy atom. The summed E-state index contributed by atoms with van der Waals surface area (Å²) in [4.78, 5) is 4.74. The van der Waals surface area contributed by atoms with Gasteiger partial charge in [0.1, 0.15) is 19.6 Å². The van der Waals surface area contributed by atoms with E-state index in [1.54, 1.807) is 0 Å². The number of nitrogens with zero attached hydrogens (tertiary/aromatic N) is 4. The fourth-order valence-electron chi connectivity index (χ4n) is 7.79. The van der Waals surface area contributed by atoms with E-state index in [2.05, 4.69) is 112 Å². The fourth-order valence-corrected chi connectivity index (χ4v) is 7.79. The molecule has 0 aliphatic carbocycles. The van der Waals surface area contributed by atoms with Crippen molar-refractivity contribution in [1.82, 2.24) is 0 Å². The minimum Gasteiger partial charge on any atom is -0.396 e. The highest BCUT2D eigenvalue weighted by molar-refractivity contribution is 5.71. The molecule has 1 aromatic carbocycles. The predicted octanol–water partition coefficient (Wildman–Crippen LogP) is 6.50. The second-order valence-corrected chi connectivity index (χ2v) is 15.7. The lowest BCUT2D eigenvalue weighted by atomic mass is 9.89. The first kappa shape index (κ1) is 47.3. The zero-order valence-corrected chi connectivity index (χ0v) is 35.9. The molecule has 0 bridgehead atoms. The van der Waals surface area contributed by atoms with Gasteiger partial charge in [-0.2, -0.15) is 0 Å². The van der Waals surface area contributed by atoms with Crippen LogP contribution in [0.4, 0.5) is 0 Å². The Hall–Kier alpha value is -4.34. The molecular weight excluding hydrogens is 733 g/mol. The smallest absolute Gasteiger partial charge is 0.171 e. The van der Waals surface area contributed by atoms with Gasteiger partial charge in [0.25, 0.3) is 0 Å². The van der Waals surface area contributed by atoms with Gasteiger partial charge in [0.15, 0.2) is 37.2 Å². The lowest BCUT2D eigenvalue weighted by molar-refractivity contribution is -0.697. The fraction of sp³-hybridized carbons (Fsp3) is 0.490. The van der Waals surface area contributed by atoms with Crippen LogP contribution in [-0.2, 0) is 64.6 Å². The normalized spacial score (nSPS) is 12.1. The van der Waals surface area contributed by atoms with Crippen LogP contribution in [0.3, 0.4) is 0 Å². The first-order valence-corrected chi connectivity index (χ1v) is 22.4. The molecule has 4 rings (SSSR count). The predicted molar refractivity (Wildman–Crippen MR) is 238 cm³/mol. The number of aliphatic imine (C=N–C) groups is 1. The highest BCUT2D eigenvalue weighted by atomic mass is 16.3. The molecule has 0 unspecified atom stereocenters. The van der Waals surface area contributed by atoms with Crippen LogP contribution >= 0.6 is 0 Å². The largest absolute Gasteiger partial charge is 0.396 e. The van der Waals surface area contributed by atoms with E-state index in [-0.39, 0.29) is 26.4 Å². The molecule has 4 aromatic rings. The Kier molecular flexibility index (Phi) is 23.3. The minimum atomic E-state index is 0.209. The van der Waals surface area contributed by atoms with Gasteiger partial charge < -0.3 is 20.4 Å². The topological polar surface area (TPSA) is 105 Å². The minimum absolute atomic E-state index is 0.209. The molecule has 0 radical (unpaired) electrons. The molecule has 0 aliphatic heterocycles. The van der Waals surface area contributed by atoms with Gasteiger partial charge in [-0.15, -0.1) is 0 Å². The Morgan fingerprint density at radius 1 is 0.525 bits per heavy atom. The number of pyridine rings is 3. The van der Waals surface area contributed by atoms with Crippen LogP contribution < -0.4 is 13.7 Å². The molecule has 0 aliphatic rings. The number of aromatic nitrogens is 3. The number of aliphatic hydroxyl groups excluding tert-OH is 4. The van der Waals surface area contributed by atoms with Crippen molar-refractivity contribution in [3.8, 4) is 0 Å². The Bertz CT molecular complexity index is 1870. The van der Waals surface area contributed by atoms with Crippen molar-refractivity contribution in [2.45, 2.75) is 129 Å². The van der Waals surface area contributed by atoms with Crippen LogP contribution in [0.15, 0.2) is 115 Å². The molecule has 0 fully saturated rings. The Morgan fingerprint density at radius 2 is 0.932 bits per heavy atom. The summed E-state index contributed by atoms with van der Waals surface area (Å²) in [7, 11) is 0. The van der Waals surface area contributed by atoms with Crippen LogP contribution in [0.1, 0.15) is 104 Å². The van der Waals surface area contributed by atoms with E-state index in [0.717, 1.165) is 129 Å². The van der Waals surface area contributed by atoms with Crippen molar-refractivity contribution in [2.75, 3.05) is 33.0 Å². The first-order valence-electron chi connectivity index (χ1n) is 22.4. The van der Waals surface area contributed by atoms with Gasteiger partial charge in [-0.1, -0.05) is 29.9 Å². The van der Waals surface area contributed by atoms with Gasteiger partial charge in [-0.05, 0) is 137 Å². The van der Waals surface area contributed by atoms with Gasteiger partial charge in [0.05, 0.1) is 0 Å². The standard InChI is InChI=1S/C51H73N4O4/c1-2-44(19-11-35-56)15-3-27-52-28-4-23-48-39-50(25-9-33-54-30-6-17-46(42-54)21-13-37-58)51(26-10-34-55-31-7-18-47(43-55)22-14-38-59)40-49(48)24-8-32-53-29-5-16-45(41-53)20-12-36-57/h2-3,5-7,15-18,27,29-31,39-43,56-59H,4,8-14,19-26,28,32-38H2,1H3/q+3/b15-3-,44-2+,52-27+.